The van der Waals surface area contributed by atoms with Crippen LogP contribution in [0.1, 0.15) is 58.1 Å². The second-order valence-electron chi connectivity index (χ2n) is 10.0. The summed E-state index contributed by atoms with van der Waals surface area (Å²) in [6.45, 7) is 5.36. The van der Waals surface area contributed by atoms with Gasteiger partial charge >= 0.3 is 5.97 Å². The first kappa shape index (κ1) is 29.2. The highest BCUT2D eigenvalue weighted by molar-refractivity contribution is 7.07. The number of fused-ring (bicyclic) bond motifs is 2. The molecule has 0 aliphatic carbocycles. The van der Waals surface area contributed by atoms with Crippen LogP contribution in [0.4, 0.5) is 0 Å². The molecule has 1 saturated heterocycles. The maximum Gasteiger partial charge on any atom is 0.314 e. The summed E-state index contributed by atoms with van der Waals surface area (Å²) in [6, 6.07) is 1.95. The van der Waals surface area contributed by atoms with E-state index in [9.17, 15) is 15.0 Å². The van der Waals surface area contributed by atoms with Gasteiger partial charge in [-0.2, -0.15) is 11.3 Å². The van der Waals surface area contributed by atoms with Crippen molar-refractivity contribution in [3.05, 3.63) is 34.5 Å². The number of thiophene rings is 1. The number of methoxy groups -OCH3 is 3. The Kier molecular flexibility index (Phi) is 10.5. The Morgan fingerprint density at radius 1 is 1.06 bits per heavy atom. The SMILES string of the molecule is COC1CCCC[C@H](c2ccsc2)OC(=O)[C@@H](C)[C@@]2(O)O[C@H]([C@@H](C)[C@H](O)[C@H]2OC)[C@@H](C)/C=C/[C@H]1OC. The predicted octanol–water partition coefficient (Wildman–Crippen LogP) is 3.86. The Bertz CT molecular complexity index is 845. The fourth-order valence-electron chi connectivity index (χ4n) is 5.35. The molecule has 2 aliphatic rings. The molecule has 204 valence electrons. The van der Waals surface area contributed by atoms with E-state index in [2.05, 4.69) is 0 Å². The van der Waals surface area contributed by atoms with Crippen molar-refractivity contribution >= 4 is 17.3 Å². The second-order valence-corrected chi connectivity index (χ2v) is 10.8. The average Bonchev–Trinajstić information content (AvgIpc) is 3.40. The van der Waals surface area contributed by atoms with Crippen LogP contribution >= 0.6 is 11.3 Å². The van der Waals surface area contributed by atoms with Gasteiger partial charge in [0.05, 0.1) is 18.3 Å². The standard InChI is InChI=1S/C27H42O8S/c1-16-11-12-22(32-5)21(31-4)10-8-7-9-20(19-13-14-36-15-19)34-26(29)18(3)27(30)25(33-6)23(28)17(2)24(16)35-27/h11-18,20-25,28,30H,7-10H2,1-6H3/b12-11+/t16-,17-,18+,20+,21?,22+,23-,24-,25+,27+/m0/s1. The van der Waals surface area contributed by atoms with Crippen molar-refractivity contribution in [3.8, 4) is 0 Å². The molecule has 0 saturated carbocycles. The molecule has 36 heavy (non-hydrogen) atoms. The number of aliphatic hydroxyl groups excluding tert-OH is 1. The molecule has 3 heterocycles. The molecule has 1 aromatic heterocycles. The van der Waals surface area contributed by atoms with Gasteiger partial charge in [-0.05, 0) is 43.0 Å². The van der Waals surface area contributed by atoms with E-state index in [1.807, 2.05) is 42.8 Å². The number of aliphatic hydroxyl groups is 2. The average molecular weight is 527 g/mol. The molecular formula is C27H42O8S. The highest BCUT2D eigenvalue weighted by Crippen LogP contribution is 2.42. The number of cyclic esters (lactones) is 1. The van der Waals surface area contributed by atoms with Gasteiger partial charge in [-0.15, -0.1) is 0 Å². The van der Waals surface area contributed by atoms with Crippen LogP contribution in [-0.2, 0) is 28.5 Å². The third kappa shape index (κ3) is 6.20. The van der Waals surface area contributed by atoms with Crippen LogP contribution < -0.4 is 0 Å². The highest BCUT2D eigenvalue weighted by Gasteiger charge is 2.58. The summed E-state index contributed by atoms with van der Waals surface area (Å²) >= 11 is 1.54. The van der Waals surface area contributed by atoms with Crippen molar-refractivity contribution < 1.29 is 38.7 Å². The molecule has 2 bridgehead atoms. The minimum atomic E-state index is -2.07. The van der Waals surface area contributed by atoms with E-state index in [4.69, 9.17) is 23.7 Å². The first-order chi connectivity index (χ1) is 17.2. The lowest BCUT2D eigenvalue weighted by Crippen LogP contribution is -2.66. The largest absolute Gasteiger partial charge is 0.457 e. The molecule has 1 fully saturated rings. The Hall–Kier alpha value is -1.33. The predicted molar refractivity (Wildman–Crippen MR) is 136 cm³/mol. The van der Waals surface area contributed by atoms with Gasteiger partial charge in [0.15, 0.2) is 0 Å². The van der Waals surface area contributed by atoms with Crippen molar-refractivity contribution in [2.45, 2.75) is 88.9 Å². The zero-order valence-corrected chi connectivity index (χ0v) is 23.0. The third-order valence-electron chi connectivity index (χ3n) is 7.77. The van der Waals surface area contributed by atoms with Gasteiger partial charge in [-0.3, -0.25) is 4.79 Å². The minimum absolute atomic E-state index is 0.140. The minimum Gasteiger partial charge on any atom is -0.457 e. The Morgan fingerprint density at radius 2 is 1.78 bits per heavy atom. The first-order valence-electron chi connectivity index (χ1n) is 12.7. The lowest BCUT2D eigenvalue weighted by atomic mass is 9.78. The number of carbonyl (C=O) groups excluding carboxylic acids is 1. The highest BCUT2D eigenvalue weighted by atomic mass is 32.1. The molecule has 0 aromatic carbocycles. The molecule has 3 rings (SSSR count). The van der Waals surface area contributed by atoms with E-state index < -0.39 is 42.1 Å². The van der Waals surface area contributed by atoms with E-state index in [-0.39, 0.29) is 24.0 Å². The van der Waals surface area contributed by atoms with Crippen LogP contribution in [0.25, 0.3) is 0 Å². The van der Waals surface area contributed by atoms with Gasteiger partial charge in [0.2, 0.25) is 5.79 Å². The molecule has 9 heteroatoms. The number of rotatable bonds is 4. The van der Waals surface area contributed by atoms with Crippen LogP contribution in [0.5, 0.6) is 0 Å². The van der Waals surface area contributed by atoms with Gasteiger partial charge in [0.25, 0.3) is 0 Å². The summed E-state index contributed by atoms with van der Waals surface area (Å²) < 4.78 is 29.2. The molecule has 0 radical (unpaired) electrons. The first-order valence-corrected chi connectivity index (χ1v) is 13.7. The summed E-state index contributed by atoms with van der Waals surface area (Å²) in [5.41, 5.74) is 0.919. The molecule has 0 amide bonds. The number of hydrogen-bond donors (Lipinski definition) is 2. The second kappa shape index (κ2) is 13.0. The van der Waals surface area contributed by atoms with Gasteiger partial charge < -0.3 is 33.9 Å². The van der Waals surface area contributed by atoms with E-state index in [1.54, 1.807) is 21.1 Å². The lowest BCUT2D eigenvalue weighted by Gasteiger charge is -2.51. The number of ether oxygens (including phenoxy) is 5. The van der Waals surface area contributed by atoms with Crippen LogP contribution in [0, 0.1) is 17.8 Å². The fraction of sp³-hybridized carbons (Fsp3) is 0.741. The molecule has 8 nitrogen and oxygen atoms in total. The molecular weight excluding hydrogens is 484 g/mol. The summed E-state index contributed by atoms with van der Waals surface area (Å²) in [4.78, 5) is 13.4. The van der Waals surface area contributed by atoms with Crippen LogP contribution in [0.2, 0.25) is 0 Å². The number of esters is 1. The Morgan fingerprint density at radius 3 is 2.39 bits per heavy atom. The van der Waals surface area contributed by atoms with E-state index >= 15 is 0 Å². The Balaban J connectivity index is 1.99. The topological polar surface area (TPSA) is 104 Å². The number of carbonyl (C=O) groups is 1. The third-order valence-corrected chi connectivity index (χ3v) is 8.47. The van der Waals surface area contributed by atoms with Crippen molar-refractivity contribution in [3.63, 3.8) is 0 Å². The molecule has 2 aliphatic heterocycles. The van der Waals surface area contributed by atoms with Crippen molar-refractivity contribution in [2.75, 3.05) is 21.3 Å². The van der Waals surface area contributed by atoms with E-state index in [0.29, 0.717) is 6.42 Å². The van der Waals surface area contributed by atoms with Gasteiger partial charge in [0.1, 0.15) is 24.2 Å². The molecule has 1 aromatic rings. The normalized spacial score (nSPS) is 42.0. The van der Waals surface area contributed by atoms with Crippen molar-refractivity contribution in [2.24, 2.45) is 17.8 Å². The van der Waals surface area contributed by atoms with Gasteiger partial charge in [-0.1, -0.05) is 32.4 Å². The Labute approximate surface area is 218 Å². The summed E-state index contributed by atoms with van der Waals surface area (Å²) in [6.07, 6.45) is 3.42. The number of hydrogen-bond acceptors (Lipinski definition) is 9. The van der Waals surface area contributed by atoms with Crippen LogP contribution in [-0.4, -0.2) is 73.8 Å². The van der Waals surface area contributed by atoms with Crippen molar-refractivity contribution in [1.82, 2.24) is 0 Å². The quantitative estimate of drug-likeness (QED) is 0.450. The van der Waals surface area contributed by atoms with Crippen LogP contribution in [0.15, 0.2) is 29.0 Å². The van der Waals surface area contributed by atoms with Gasteiger partial charge in [0, 0.05) is 38.7 Å². The maximum absolute atomic E-state index is 13.4. The molecule has 2 N–H and O–H groups in total. The maximum atomic E-state index is 13.4. The molecule has 1 unspecified atom stereocenters. The van der Waals surface area contributed by atoms with Crippen molar-refractivity contribution in [1.29, 1.82) is 0 Å². The van der Waals surface area contributed by atoms with E-state index in [0.717, 1.165) is 24.8 Å². The zero-order chi connectivity index (χ0) is 26.5. The van der Waals surface area contributed by atoms with E-state index in [1.165, 1.54) is 18.4 Å². The summed E-state index contributed by atoms with van der Waals surface area (Å²) in [7, 11) is 4.73. The smallest absolute Gasteiger partial charge is 0.314 e. The lowest BCUT2D eigenvalue weighted by molar-refractivity contribution is -0.360. The monoisotopic (exact) mass is 526 g/mol. The fourth-order valence-corrected chi connectivity index (χ4v) is 6.05. The summed E-state index contributed by atoms with van der Waals surface area (Å²) in [5.74, 6) is -4.34. The molecule has 0 spiro atoms. The van der Waals surface area contributed by atoms with Crippen LogP contribution in [0.3, 0.4) is 0 Å². The molecule has 10 atom stereocenters. The zero-order valence-electron chi connectivity index (χ0n) is 22.2. The summed E-state index contributed by atoms with van der Waals surface area (Å²) in [5, 5.41) is 26.8. The van der Waals surface area contributed by atoms with Gasteiger partial charge in [-0.25, -0.2) is 0 Å².